The third kappa shape index (κ3) is 4.18. The molecule has 1 aromatic carbocycles. The van der Waals surface area contributed by atoms with Gasteiger partial charge < -0.3 is 4.90 Å². The van der Waals surface area contributed by atoms with Gasteiger partial charge >= 0.3 is 0 Å². The summed E-state index contributed by atoms with van der Waals surface area (Å²) in [6.07, 6.45) is 4.69. The summed E-state index contributed by atoms with van der Waals surface area (Å²) in [6, 6.07) is 9.04. The predicted molar refractivity (Wildman–Crippen MR) is 99.0 cm³/mol. The minimum Gasteiger partial charge on any atom is -0.340 e. The van der Waals surface area contributed by atoms with Crippen LogP contribution in [0.1, 0.15) is 57.6 Å². The molecule has 0 bridgehead atoms. The molecule has 1 saturated heterocycles. The lowest BCUT2D eigenvalue weighted by Gasteiger charge is -2.36. The molecule has 1 saturated carbocycles. The Morgan fingerprint density at radius 3 is 2.12 bits per heavy atom. The zero-order valence-corrected chi connectivity index (χ0v) is 15.6. The maximum atomic E-state index is 12.5. The second-order valence-corrected chi connectivity index (χ2v) is 8.53. The third-order valence-electron chi connectivity index (χ3n) is 5.61. The molecule has 1 heterocycles. The monoisotopic (exact) mass is 328 g/mol. The number of carbonyl (C=O) groups excluding carboxylic acids is 1. The molecular weight excluding hydrogens is 296 g/mol. The molecule has 0 radical (unpaired) electrons. The van der Waals surface area contributed by atoms with E-state index in [0.717, 1.165) is 45.6 Å². The smallest absolute Gasteiger partial charge is 0.225 e. The van der Waals surface area contributed by atoms with E-state index in [-0.39, 0.29) is 5.41 Å². The molecule has 1 amide bonds. The number of benzene rings is 1. The number of piperazine rings is 1. The molecule has 3 nitrogen and oxygen atoms in total. The van der Waals surface area contributed by atoms with E-state index in [1.165, 1.54) is 24.0 Å². The van der Waals surface area contributed by atoms with E-state index in [1.54, 1.807) is 0 Å². The first-order chi connectivity index (χ1) is 11.4. The maximum absolute atomic E-state index is 12.5. The van der Waals surface area contributed by atoms with Gasteiger partial charge in [0.25, 0.3) is 0 Å². The largest absolute Gasteiger partial charge is 0.340 e. The minimum absolute atomic E-state index is 0.213. The van der Waals surface area contributed by atoms with E-state index >= 15 is 0 Å². The summed E-state index contributed by atoms with van der Waals surface area (Å²) in [6.45, 7) is 11.5. The van der Waals surface area contributed by atoms with Crippen molar-refractivity contribution in [3.05, 3.63) is 35.4 Å². The Morgan fingerprint density at radius 2 is 1.58 bits per heavy atom. The molecule has 2 fully saturated rings. The van der Waals surface area contributed by atoms with Gasteiger partial charge in [-0.3, -0.25) is 9.69 Å². The molecule has 0 atom stereocenters. The SMILES string of the molecule is CC(C)(C)c1ccc(CN2CCN(C(=O)C3CCCC3)CC2)cc1. The van der Waals surface area contributed by atoms with Crippen LogP contribution in [-0.2, 0) is 16.8 Å². The molecule has 2 aliphatic rings. The van der Waals surface area contributed by atoms with Crippen LogP contribution in [0, 0.1) is 5.92 Å². The Bertz CT molecular complexity index is 544. The molecule has 0 unspecified atom stereocenters. The molecule has 24 heavy (non-hydrogen) atoms. The lowest BCUT2D eigenvalue weighted by molar-refractivity contribution is -0.137. The van der Waals surface area contributed by atoms with Gasteiger partial charge in [-0.15, -0.1) is 0 Å². The van der Waals surface area contributed by atoms with E-state index in [1.807, 2.05) is 0 Å². The van der Waals surface area contributed by atoms with Crippen LogP contribution in [0.3, 0.4) is 0 Å². The van der Waals surface area contributed by atoms with Crippen molar-refractivity contribution >= 4 is 5.91 Å². The molecule has 0 N–H and O–H groups in total. The number of carbonyl (C=O) groups is 1. The van der Waals surface area contributed by atoms with Gasteiger partial charge in [-0.25, -0.2) is 0 Å². The highest BCUT2D eigenvalue weighted by Gasteiger charge is 2.29. The van der Waals surface area contributed by atoms with Crippen LogP contribution < -0.4 is 0 Å². The highest BCUT2D eigenvalue weighted by atomic mass is 16.2. The van der Waals surface area contributed by atoms with Crippen LogP contribution in [0.5, 0.6) is 0 Å². The summed E-state index contributed by atoms with van der Waals surface area (Å²) in [4.78, 5) is 17.1. The first-order valence-electron chi connectivity index (χ1n) is 9.54. The van der Waals surface area contributed by atoms with Crippen LogP contribution in [0.4, 0.5) is 0 Å². The highest BCUT2D eigenvalue weighted by molar-refractivity contribution is 5.79. The quantitative estimate of drug-likeness (QED) is 0.842. The van der Waals surface area contributed by atoms with E-state index < -0.39 is 0 Å². The Kier molecular flexibility index (Phi) is 5.29. The molecule has 0 spiro atoms. The fraction of sp³-hybridized carbons (Fsp3) is 0.667. The fourth-order valence-electron chi connectivity index (χ4n) is 3.93. The summed E-state index contributed by atoms with van der Waals surface area (Å²) in [7, 11) is 0. The zero-order valence-electron chi connectivity index (χ0n) is 15.6. The van der Waals surface area contributed by atoms with Crippen molar-refractivity contribution in [2.24, 2.45) is 5.92 Å². The van der Waals surface area contributed by atoms with Crippen LogP contribution in [0.15, 0.2) is 24.3 Å². The molecule has 1 aliphatic carbocycles. The standard InChI is InChI=1S/C21H32N2O/c1-21(2,3)19-10-8-17(9-11-19)16-22-12-14-23(15-13-22)20(24)18-6-4-5-7-18/h8-11,18H,4-7,12-16H2,1-3H3. The summed E-state index contributed by atoms with van der Waals surface area (Å²) >= 11 is 0. The Hall–Kier alpha value is -1.35. The lowest BCUT2D eigenvalue weighted by atomic mass is 9.87. The van der Waals surface area contributed by atoms with Crippen LogP contribution in [0.25, 0.3) is 0 Å². The van der Waals surface area contributed by atoms with E-state index in [2.05, 4.69) is 54.8 Å². The van der Waals surface area contributed by atoms with Gasteiger partial charge in [0.2, 0.25) is 5.91 Å². The van der Waals surface area contributed by atoms with Crippen molar-refractivity contribution in [2.75, 3.05) is 26.2 Å². The summed E-state index contributed by atoms with van der Waals surface area (Å²) in [5, 5.41) is 0. The van der Waals surface area contributed by atoms with Crippen LogP contribution in [-0.4, -0.2) is 41.9 Å². The normalized spacial score (nSPS) is 20.5. The van der Waals surface area contributed by atoms with Crippen molar-refractivity contribution < 1.29 is 4.79 Å². The molecular formula is C21H32N2O. The summed E-state index contributed by atoms with van der Waals surface area (Å²) in [5.74, 6) is 0.739. The van der Waals surface area contributed by atoms with Crippen LogP contribution in [0.2, 0.25) is 0 Å². The van der Waals surface area contributed by atoms with Gasteiger partial charge in [0.15, 0.2) is 0 Å². The van der Waals surface area contributed by atoms with E-state index in [0.29, 0.717) is 11.8 Å². The van der Waals surface area contributed by atoms with Crippen molar-refractivity contribution in [1.29, 1.82) is 0 Å². The molecule has 1 aromatic rings. The van der Waals surface area contributed by atoms with Crippen molar-refractivity contribution in [1.82, 2.24) is 9.80 Å². The second kappa shape index (κ2) is 7.26. The van der Waals surface area contributed by atoms with E-state index in [9.17, 15) is 4.79 Å². The van der Waals surface area contributed by atoms with Gasteiger partial charge in [0, 0.05) is 38.6 Å². The summed E-state index contributed by atoms with van der Waals surface area (Å²) < 4.78 is 0. The van der Waals surface area contributed by atoms with E-state index in [4.69, 9.17) is 0 Å². The molecule has 132 valence electrons. The first-order valence-corrected chi connectivity index (χ1v) is 9.54. The number of hydrogen-bond donors (Lipinski definition) is 0. The van der Waals surface area contributed by atoms with Crippen LogP contribution >= 0.6 is 0 Å². The average Bonchev–Trinajstić information content (AvgIpc) is 3.09. The second-order valence-electron chi connectivity index (χ2n) is 8.53. The number of rotatable bonds is 3. The molecule has 0 aromatic heterocycles. The lowest BCUT2D eigenvalue weighted by Crippen LogP contribution is -2.49. The third-order valence-corrected chi connectivity index (χ3v) is 5.61. The Balaban J connectivity index is 1.49. The Labute approximate surface area is 147 Å². The first kappa shape index (κ1) is 17.5. The topological polar surface area (TPSA) is 23.6 Å². The van der Waals surface area contributed by atoms with Gasteiger partial charge in [0.05, 0.1) is 0 Å². The number of nitrogens with zero attached hydrogens (tertiary/aromatic N) is 2. The summed E-state index contributed by atoms with van der Waals surface area (Å²) in [5.41, 5.74) is 2.97. The average molecular weight is 329 g/mol. The Morgan fingerprint density at radius 1 is 1.00 bits per heavy atom. The van der Waals surface area contributed by atoms with Crippen molar-refractivity contribution in [3.63, 3.8) is 0 Å². The molecule has 3 heteroatoms. The maximum Gasteiger partial charge on any atom is 0.225 e. The van der Waals surface area contributed by atoms with Gasteiger partial charge in [-0.05, 0) is 29.4 Å². The van der Waals surface area contributed by atoms with Crippen molar-refractivity contribution in [2.45, 2.75) is 58.4 Å². The molecule has 1 aliphatic heterocycles. The van der Waals surface area contributed by atoms with Gasteiger partial charge in [-0.1, -0.05) is 57.9 Å². The zero-order chi connectivity index (χ0) is 17.2. The number of hydrogen-bond acceptors (Lipinski definition) is 2. The van der Waals surface area contributed by atoms with Crippen molar-refractivity contribution in [3.8, 4) is 0 Å². The highest BCUT2D eigenvalue weighted by Crippen LogP contribution is 2.27. The minimum atomic E-state index is 0.213. The number of amides is 1. The fourth-order valence-corrected chi connectivity index (χ4v) is 3.93. The van der Waals surface area contributed by atoms with Gasteiger partial charge in [-0.2, -0.15) is 0 Å². The van der Waals surface area contributed by atoms with Gasteiger partial charge in [0.1, 0.15) is 0 Å². The predicted octanol–water partition coefficient (Wildman–Crippen LogP) is 3.82. The molecule has 3 rings (SSSR count).